The Bertz CT molecular complexity index is 1120. The van der Waals surface area contributed by atoms with Gasteiger partial charge in [0, 0.05) is 19.0 Å². The molecule has 1 amide bonds. The molecule has 4 aromatic rings. The van der Waals surface area contributed by atoms with Gasteiger partial charge >= 0.3 is 0 Å². The lowest BCUT2D eigenvalue weighted by atomic mass is 9.90. The molecule has 0 bridgehead atoms. The zero-order chi connectivity index (χ0) is 21.8. The monoisotopic (exact) mass is 422 g/mol. The van der Waals surface area contributed by atoms with Gasteiger partial charge < -0.3 is 4.90 Å². The summed E-state index contributed by atoms with van der Waals surface area (Å²) in [5.74, 6) is 0.321. The molecule has 2 heterocycles. The Morgan fingerprint density at radius 2 is 1.44 bits per heavy atom. The maximum atomic E-state index is 13.3. The van der Waals surface area contributed by atoms with E-state index in [9.17, 15) is 4.79 Å². The van der Waals surface area contributed by atoms with E-state index >= 15 is 0 Å². The van der Waals surface area contributed by atoms with E-state index in [0.29, 0.717) is 11.6 Å². The molecule has 1 aliphatic heterocycles. The van der Waals surface area contributed by atoms with Crippen LogP contribution in [0.15, 0.2) is 97.2 Å². The lowest BCUT2D eigenvalue weighted by Gasteiger charge is -2.32. The molecular weight excluding hydrogens is 396 g/mol. The first-order valence-corrected chi connectivity index (χ1v) is 11.2. The second-order valence-corrected chi connectivity index (χ2v) is 8.31. The lowest BCUT2D eigenvalue weighted by Crippen LogP contribution is -2.39. The molecule has 0 aliphatic carbocycles. The summed E-state index contributed by atoms with van der Waals surface area (Å²) in [7, 11) is 0. The second kappa shape index (κ2) is 9.18. The number of carbonyl (C=O) groups excluding carboxylic acids is 1. The van der Waals surface area contributed by atoms with Gasteiger partial charge in [0.25, 0.3) is 5.91 Å². The summed E-state index contributed by atoms with van der Waals surface area (Å²) in [5, 5.41) is 8.66. The lowest BCUT2D eigenvalue weighted by molar-refractivity contribution is 0.0701. The average molecular weight is 423 g/mol. The van der Waals surface area contributed by atoms with E-state index in [0.717, 1.165) is 37.1 Å². The highest BCUT2D eigenvalue weighted by molar-refractivity contribution is 5.92. The first-order chi connectivity index (χ1) is 15.8. The molecular formula is C27H26N4O. The summed E-state index contributed by atoms with van der Waals surface area (Å²) < 4.78 is 1.80. The Morgan fingerprint density at radius 1 is 0.844 bits per heavy atom. The van der Waals surface area contributed by atoms with Gasteiger partial charge in [0.1, 0.15) is 6.04 Å². The third kappa shape index (κ3) is 4.19. The van der Waals surface area contributed by atoms with Crippen molar-refractivity contribution in [3.05, 3.63) is 120 Å². The third-order valence-electron chi connectivity index (χ3n) is 6.20. The van der Waals surface area contributed by atoms with Gasteiger partial charge in [-0.3, -0.25) is 4.79 Å². The van der Waals surface area contributed by atoms with Crippen molar-refractivity contribution < 1.29 is 4.79 Å². The zero-order valence-electron chi connectivity index (χ0n) is 17.9. The van der Waals surface area contributed by atoms with Crippen LogP contribution in [0.5, 0.6) is 0 Å². The van der Waals surface area contributed by atoms with Crippen molar-refractivity contribution in [2.24, 2.45) is 0 Å². The van der Waals surface area contributed by atoms with E-state index in [1.807, 2.05) is 47.4 Å². The highest BCUT2D eigenvalue weighted by Crippen LogP contribution is 2.28. The minimum atomic E-state index is -0.134. The van der Waals surface area contributed by atoms with Gasteiger partial charge in [0.2, 0.25) is 0 Å². The second-order valence-electron chi connectivity index (χ2n) is 8.31. The summed E-state index contributed by atoms with van der Waals surface area (Å²) >= 11 is 0. The molecule has 32 heavy (non-hydrogen) atoms. The molecule has 0 N–H and O–H groups in total. The van der Waals surface area contributed by atoms with Crippen LogP contribution in [0, 0.1) is 0 Å². The van der Waals surface area contributed by atoms with Crippen molar-refractivity contribution in [2.45, 2.75) is 24.8 Å². The van der Waals surface area contributed by atoms with Gasteiger partial charge in [-0.2, -0.15) is 0 Å². The van der Waals surface area contributed by atoms with Crippen LogP contribution in [-0.2, 0) is 0 Å². The van der Waals surface area contributed by atoms with Crippen LogP contribution in [0.2, 0.25) is 0 Å². The number of piperidine rings is 1. The molecule has 0 radical (unpaired) electrons. The molecule has 5 rings (SSSR count). The topological polar surface area (TPSA) is 51.0 Å². The smallest absolute Gasteiger partial charge is 0.276 e. The number of aromatic nitrogens is 3. The van der Waals surface area contributed by atoms with Crippen molar-refractivity contribution >= 4 is 5.91 Å². The SMILES string of the molecule is O=C(c1cn(C(c2ccccc2)c2ccccc2)nn1)N1CCCC(c2ccccc2)C1. The average Bonchev–Trinajstić information content (AvgIpc) is 3.35. The molecule has 1 unspecified atom stereocenters. The third-order valence-corrected chi connectivity index (χ3v) is 6.20. The Kier molecular flexibility index (Phi) is 5.79. The summed E-state index contributed by atoms with van der Waals surface area (Å²) in [6.07, 6.45) is 3.89. The summed E-state index contributed by atoms with van der Waals surface area (Å²) in [6.45, 7) is 1.48. The zero-order valence-corrected chi connectivity index (χ0v) is 17.9. The fraction of sp³-hybridized carbons (Fsp3) is 0.222. The molecule has 1 aliphatic rings. The standard InChI is InChI=1S/C27H26N4O/c32-27(30-18-10-17-24(19-30)21-11-4-1-5-12-21)25-20-31(29-28-25)26(22-13-6-2-7-14-22)23-15-8-3-9-16-23/h1-9,11-16,20,24,26H,10,17-19H2. The fourth-order valence-corrected chi connectivity index (χ4v) is 4.59. The van der Waals surface area contributed by atoms with Gasteiger partial charge in [0.15, 0.2) is 5.69 Å². The van der Waals surface area contributed by atoms with Crippen molar-refractivity contribution in [3.63, 3.8) is 0 Å². The van der Waals surface area contributed by atoms with E-state index in [1.54, 1.807) is 10.9 Å². The maximum Gasteiger partial charge on any atom is 0.276 e. The summed E-state index contributed by atoms with van der Waals surface area (Å²) in [6, 6.07) is 30.7. The maximum absolute atomic E-state index is 13.3. The number of nitrogens with zero attached hydrogens (tertiary/aromatic N) is 4. The van der Waals surface area contributed by atoms with E-state index < -0.39 is 0 Å². The highest BCUT2D eigenvalue weighted by Gasteiger charge is 2.28. The van der Waals surface area contributed by atoms with E-state index in [2.05, 4.69) is 58.8 Å². The molecule has 0 saturated carbocycles. The predicted molar refractivity (Wildman–Crippen MR) is 124 cm³/mol. The van der Waals surface area contributed by atoms with Crippen LogP contribution < -0.4 is 0 Å². The molecule has 5 nitrogen and oxygen atoms in total. The molecule has 1 fully saturated rings. The van der Waals surface area contributed by atoms with Crippen LogP contribution in [-0.4, -0.2) is 38.9 Å². The fourth-order valence-electron chi connectivity index (χ4n) is 4.59. The highest BCUT2D eigenvalue weighted by atomic mass is 16.2. The van der Waals surface area contributed by atoms with Gasteiger partial charge in [-0.05, 0) is 29.5 Å². The Morgan fingerprint density at radius 3 is 2.06 bits per heavy atom. The molecule has 0 spiro atoms. The first-order valence-electron chi connectivity index (χ1n) is 11.2. The van der Waals surface area contributed by atoms with Gasteiger partial charge in [-0.1, -0.05) is 96.2 Å². The molecule has 1 atom stereocenters. The van der Waals surface area contributed by atoms with Crippen molar-refractivity contribution in [3.8, 4) is 0 Å². The van der Waals surface area contributed by atoms with Gasteiger partial charge in [-0.15, -0.1) is 5.10 Å². The number of rotatable bonds is 5. The van der Waals surface area contributed by atoms with E-state index in [1.165, 1.54) is 5.56 Å². The van der Waals surface area contributed by atoms with Gasteiger partial charge in [-0.25, -0.2) is 4.68 Å². The summed E-state index contributed by atoms with van der Waals surface area (Å²) in [4.78, 5) is 15.2. The summed E-state index contributed by atoms with van der Waals surface area (Å²) in [5.41, 5.74) is 3.90. The number of hydrogen-bond donors (Lipinski definition) is 0. The number of hydrogen-bond acceptors (Lipinski definition) is 3. The van der Waals surface area contributed by atoms with Crippen LogP contribution in [0.1, 0.15) is 52.0 Å². The molecule has 1 aromatic heterocycles. The van der Waals surface area contributed by atoms with Crippen LogP contribution >= 0.6 is 0 Å². The predicted octanol–water partition coefficient (Wildman–Crippen LogP) is 4.94. The number of carbonyl (C=O) groups is 1. The molecule has 1 saturated heterocycles. The number of amides is 1. The van der Waals surface area contributed by atoms with Crippen LogP contribution in [0.25, 0.3) is 0 Å². The number of likely N-dealkylation sites (tertiary alicyclic amines) is 1. The molecule has 160 valence electrons. The van der Waals surface area contributed by atoms with E-state index in [-0.39, 0.29) is 11.9 Å². The molecule has 5 heteroatoms. The Hall–Kier alpha value is -3.73. The van der Waals surface area contributed by atoms with Crippen molar-refractivity contribution in [1.29, 1.82) is 0 Å². The normalized spacial score (nSPS) is 16.3. The minimum absolute atomic E-state index is 0.0447. The largest absolute Gasteiger partial charge is 0.337 e. The van der Waals surface area contributed by atoms with Gasteiger partial charge in [0.05, 0.1) is 6.20 Å². The molecule has 3 aromatic carbocycles. The Labute approximate surface area is 188 Å². The van der Waals surface area contributed by atoms with Crippen LogP contribution in [0.3, 0.4) is 0 Å². The Balaban J connectivity index is 1.40. The first kappa shape index (κ1) is 20.2. The number of benzene rings is 3. The van der Waals surface area contributed by atoms with Crippen LogP contribution in [0.4, 0.5) is 0 Å². The van der Waals surface area contributed by atoms with E-state index in [4.69, 9.17) is 0 Å². The minimum Gasteiger partial charge on any atom is -0.337 e. The van der Waals surface area contributed by atoms with Crippen molar-refractivity contribution in [2.75, 3.05) is 13.1 Å². The quantitative estimate of drug-likeness (QED) is 0.458. The van der Waals surface area contributed by atoms with Crippen molar-refractivity contribution in [1.82, 2.24) is 19.9 Å².